The van der Waals surface area contributed by atoms with E-state index in [2.05, 4.69) is 0 Å². The molecule has 0 aromatic heterocycles. The fourth-order valence-electron chi connectivity index (χ4n) is 7.03. The Labute approximate surface area is 173 Å². The minimum Gasteiger partial charge on any atom is -0.480 e. The molecule has 3 spiro atoms. The SMILES string of the molecule is O=C(O)C1(C(=O)O)COC2(CCC3(CC2)OOC2(O3)C3CC4CC(C3)CC2C4)OC1. The van der Waals surface area contributed by atoms with Crippen LogP contribution in [0.15, 0.2) is 0 Å². The number of carboxylic acids is 2. The monoisotopic (exact) mass is 424 g/mol. The van der Waals surface area contributed by atoms with Gasteiger partial charge in [0.15, 0.2) is 5.79 Å². The largest absolute Gasteiger partial charge is 0.480 e. The first kappa shape index (κ1) is 19.4. The molecule has 7 aliphatic rings. The Kier molecular flexibility index (Phi) is 3.99. The van der Waals surface area contributed by atoms with E-state index in [4.69, 9.17) is 24.0 Å². The molecule has 0 amide bonds. The van der Waals surface area contributed by atoms with Crippen LogP contribution in [0.3, 0.4) is 0 Å². The first-order valence-electron chi connectivity index (χ1n) is 11.1. The first-order valence-corrected chi connectivity index (χ1v) is 11.1. The highest BCUT2D eigenvalue weighted by Crippen LogP contribution is 2.64. The third kappa shape index (κ3) is 2.53. The van der Waals surface area contributed by atoms with Gasteiger partial charge in [0.25, 0.3) is 0 Å². The summed E-state index contributed by atoms with van der Waals surface area (Å²) in [7, 11) is 0. The Hall–Kier alpha value is -1.26. The lowest BCUT2D eigenvalue weighted by atomic mass is 9.53. The van der Waals surface area contributed by atoms with Gasteiger partial charge in [-0.15, -0.1) is 0 Å². The molecule has 2 heterocycles. The van der Waals surface area contributed by atoms with Crippen molar-refractivity contribution in [2.45, 2.75) is 75.1 Å². The van der Waals surface area contributed by atoms with Gasteiger partial charge in [0.2, 0.25) is 17.0 Å². The van der Waals surface area contributed by atoms with Crippen molar-refractivity contribution in [3.05, 3.63) is 0 Å². The molecule has 30 heavy (non-hydrogen) atoms. The zero-order valence-electron chi connectivity index (χ0n) is 16.8. The third-order valence-electron chi connectivity index (χ3n) is 8.70. The number of hydrogen-bond donors (Lipinski definition) is 2. The van der Waals surface area contributed by atoms with Crippen LogP contribution >= 0.6 is 0 Å². The fraction of sp³-hybridized carbons (Fsp3) is 0.905. The predicted octanol–water partition coefficient (Wildman–Crippen LogP) is 2.29. The molecule has 166 valence electrons. The maximum Gasteiger partial charge on any atom is 0.325 e. The molecule has 2 N–H and O–H groups in total. The van der Waals surface area contributed by atoms with Crippen LogP contribution in [0.2, 0.25) is 0 Å². The quantitative estimate of drug-likeness (QED) is 0.508. The minimum atomic E-state index is -2.06. The van der Waals surface area contributed by atoms with E-state index in [0.29, 0.717) is 37.5 Å². The molecule has 9 nitrogen and oxygen atoms in total. The van der Waals surface area contributed by atoms with Gasteiger partial charge in [0.05, 0.1) is 13.2 Å². The smallest absolute Gasteiger partial charge is 0.325 e. The molecular formula is C21H28O9. The van der Waals surface area contributed by atoms with E-state index in [1.54, 1.807) is 0 Å². The van der Waals surface area contributed by atoms with E-state index in [-0.39, 0.29) is 0 Å². The van der Waals surface area contributed by atoms with Crippen LogP contribution in [0.25, 0.3) is 0 Å². The maximum absolute atomic E-state index is 11.5. The second kappa shape index (κ2) is 6.16. The van der Waals surface area contributed by atoms with Crippen LogP contribution < -0.4 is 0 Å². The van der Waals surface area contributed by atoms with Crippen LogP contribution in [0, 0.1) is 29.1 Å². The average Bonchev–Trinajstić information content (AvgIpc) is 3.09. The Bertz CT molecular complexity index is 714. The van der Waals surface area contributed by atoms with Gasteiger partial charge in [0.1, 0.15) is 0 Å². The average molecular weight is 424 g/mol. The maximum atomic E-state index is 11.5. The zero-order valence-corrected chi connectivity index (χ0v) is 16.8. The second-order valence-electron chi connectivity index (χ2n) is 10.4. The summed E-state index contributed by atoms with van der Waals surface area (Å²) < 4.78 is 18.1. The Morgan fingerprint density at radius 1 is 0.700 bits per heavy atom. The first-order chi connectivity index (χ1) is 14.3. The third-order valence-corrected chi connectivity index (χ3v) is 8.70. The number of carboxylic acid groups (broad SMARTS) is 2. The van der Waals surface area contributed by atoms with E-state index in [1.807, 2.05) is 0 Å². The van der Waals surface area contributed by atoms with Gasteiger partial charge >= 0.3 is 11.9 Å². The van der Waals surface area contributed by atoms with Gasteiger partial charge in [0, 0.05) is 37.5 Å². The van der Waals surface area contributed by atoms with Gasteiger partial charge in [-0.05, 0) is 43.9 Å². The molecule has 9 heteroatoms. The number of aliphatic carboxylic acids is 2. The number of hydrogen-bond acceptors (Lipinski definition) is 7. The summed E-state index contributed by atoms with van der Waals surface area (Å²) in [6.07, 6.45) is 7.79. The molecule has 5 saturated carbocycles. The molecule has 2 aliphatic heterocycles. The predicted molar refractivity (Wildman–Crippen MR) is 96.6 cm³/mol. The lowest BCUT2D eigenvalue weighted by molar-refractivity contribution is -0.395. The van der Waals surface area contributed by atoms with Gasteiger partial charge < -0.3 is 24.4 Å². The highest BCUT2D eigenvalue weighted by molar-refractivity contribution is 5.98. The number of rotatable bonds is 2. The molecule has 0 unspecified atom stereocenters. The summed E-state index contributed by atoms with van der Waals surface area (Å²) in [5.74, 6) is -2.99. The lowest BCUT2D eigenvalue weighted by Gasteiger charge is -2.57. The Morgan fingerprint density at radius 2 is 1.20 bits per heavy atom. The summed E-state index contributed by atoms with van der Waals surface area (Å²) in [6.45, 7) is -0.834. The molecule has 2 saturated heterocycles. The van der Waals surface area contributed by atoms with E-state index in [1.165, 1.54) is 6.42 Å². The number of carbonyl (C=O) groups is 2. The van der Waals surface area contributed by atoms with Gasteiger partial charge in [-0.3, -0.25) is 9.59 Å². The van der Waals surface area contributed by atoms with Crippen LogP contribution in [0.1, 0.15) is 57.8 Å². The summed E-state index contributed by atoms with van der Waals surface area (Å²) >= 11 is 0. The van der Waals surface area contributed by atoms with Crippen molar-refractivity contribution in [1.82, 2.24) is 0 Å². The molecule has 0 aromatic carbocycles. The fourth-order valence-corrected chi connectivity index (χ4v) is 7.03. The van der Waals surface area contributed by atoms with Gasteiger partial charge in [-0.2, -0.15) is 9.78 Å². The normalized spacial score (nSPS) is 44.7. The van der Waals surface area contributed by atoms with Crippen molar-refractivity contribution in [2.24, 2.45) is 29.1 Å². The Morgan fingerprint density at radius 3 is 1.70 bits per heavy atom. The van der Waals surface area contributed by atoms with Crippen molar-refractivity contribution < 1.29 is 43.8 Å². The van der Waals surface area contributed by atoms with Crippen LogP contribution in [-0.4, -0.2) is 52.7 Å². The van der Waals surface area contributed by atoms with Crippen LogP contribution in [0.5, 0.6) is 0 Å². The van der Waals surface area contributed by atoms with E-state index >= 15 is 0 Å². The van der Waals surface area contributed by atoms with Crippen molar-refractivity contribution >= 4 is 11.9 Å². The van der Waals surface area contributed by atoms with Crippen molar-refractivity contribution in [3.63, 3.8) is 0 Å². The minimum absolute atomic E-state index is 0.387. The summed E-state index contributed by atoms with van der Waals surface area (Å²) in [5, 5.41) is 18.7. The molecule has 0 radical (unpaired) electrons. The van der Waals surface area contributed by atoms with Gasteiger partial charge in [-0.1, -0.05) is 0 Å². The Balaban J connectivity index is 1.14. The molecular weight excluding hydrogens is 396 g/mol. The topological polar surface area (TPSA) is 121 Å². The molecule has 7 fully saturated rings. The highest BCUT2D eigenvalue weighted by Gasteiger charge is 2.68. The highest BCUT2D eigenvalue weighted by atomic mass is 17.3. The van der Waals surface area contributed by atoms with E-state index < -0.39 is 47.9 Å². The molecule has 4 bridgehead atoms. The molecule has 0 aromatic rings. The standard InChI is InChI=1S/C21H28O9/c22-16(23)18(17(24)25)10-26-19(27-11-18)1-3-20(4-2-19)28-21(30-29-20)14-6-12-5-13(8-14)9-15(21)7-12/h12-15H,1-11H2,(H,22,23)(H,24,25). The molecule has 5 aliphatic carbocycles. The van der Waals surface area contributed by atoms with Crippen molar-refractivity contribution in [3.8, 4) is 0 Å². The van der Waals surface area contributed by atoms with Crippen LogP contribution in [0.4, 0.5) is 0 Å². The lowest BCUT2D eigenvalue weighted by Crippen LogP contribution is -2.60. The number of ether oxygens (including phenoxy) is 3. The molecule has 0 atom stereocenters. The van der Waals surface area contributed by atoms with E-state index in [9.17, 15) is 19.8 Å². The van der Waals surface area contributed by atoms with Crippen LogP contribution in [-0.2, 0) is 33.6 Å². The van der Waals surface area contributed by atoms with Crippen molar-refractivity contribution in [2.75, 3.05) is 13.2 Å². The summed E-state index contributed by atoms with van der Waals surface area (Å²) in [6, 6.07) is 0. The second-order valence-corrected chi connectivity index (χ2v) is 10.4. The summed E-state index contributed by atoms with van der Waals surface area (Å²) in [4.78, 5) is 34.9. The van der Waals surface area contributed by atoms with Crippen molar-refractivity contribution in [1.29, 1.82) is 0 Å². The summed E-state index contributed by atoms with van der Waals surface area (Å²) in [5.41, 5.74) is -2.06. The molecule has 7 rings (SSSR count). The van der Waals surface area contributed by atoms with E-state index in [0.717, 1.165) is 37.5 Å². The van der Waals surface area contributed by atoms with Gasteiger partial charge in [-0.25, -0.2) is 0 Å². The zero-order chi connectivity index (χ0) is 20.8.